The molecule has 0 unspecified atom stereocenters. The van der Waals surface area contributed by atoms with Crippen molar-refractivity contribution in [3.8, 4) is 0 Å². The van der Waals surface area contributed by atoms with Crippen LogP contribution in [0.15, 0.2) is 42.5 Å². The summed E-state index contributed by atoms with van der Waals surface area (Å²) in [6, 6.07) is 10.6. The number of para-hydroxylation sites is 2. The number of nitrogens with one attached hydrogen (secondary N) is 4. The quantitative estimate of drug-likeness (QED) is 0.182. The summed E-state index contributed by atoms with van der Waals surface area (Å²) in [5.41, 5.74) is 9.86. The lowest BCUT2D eigenvalue weighted by molar-refractivity contribution is -0.384. The molecular formula is C25H23N5O6. The largest absolute Gasteiger partial charge is 0.481 e. The van der Waals surface area contributed by atoms with Gasteiger partial charge in [-0.3, -0.25) is 35.3 Å². The fraction of sp³-hybridized carbons (Fsp3) is 0.160. The molecule has 2 heterocycles. The van der Waals surface area contributed by atoms with Gasteiger partial charge in [0.2, 0.25) is 0 Å². The first kappa shape index (κ1) is 24.2. The van der Waals surface area contributed by atoms with Gasteiger partial charge in [0, 0.05) is 40.7 Å². The van der Waals surface area contributed by atoms with Crippen LogP contribution in [0.5, 0.6) is 0 Å². The number of H-pyrrole nitrogens is 1. The van der Waals surface area contributed by atoms with E-state index in [9.17, 15) is 24.5 Å². The summed E-state index contributed by atoms with van der Waals surface area (Å²) in [4.78, 5) is 50.3. The Morgan fingerprint density at radius 2 is 1.92 bits per heavy atom. The first-order valence-corrected chi connectivity index (χ1v) is 11.0. The number of amides is 2. The number of fused-ring (bicyclic) bond motifs is 1. The molecule has 2 aromatic carbocycles. The number of aliphatic carboxylic acids is 1. The van der Waals surface area contributed by atoms with Crippen molar-refractivity contribution >= 4 is 46.5 Å². The van der Waals surface area contributed by atoms with E-state index in [2.05, 4.69) is 21.2 Å². The van der Waals surface area contributed by atoms with Gasteiger partial charge in [0.25, 0.3) is 17.5 Å². The predicted molar refractivity (Wildman–Crippen MR) is 133 cm³/mol. The third-order valence-corrected chi connectivity index (χ3v) is 5.99. The number of aromatic nitrogens is 1. The second kappa shape index (κ2) is 9.74. The fourth-order valence-corrected chi connectivity index (χ4v) is 4.12. The number of rotatable bonds is 8. The van der Waals surface area contributed by atoms with Crippen molar-refractivity contribution in [2.24, 2.45) is 0 Å². The molecule has 0 spiro atoms. The summed E-state index contributed by atoms with van der Waals surface area (Å²) in [6.07, 6.45) is 2.05. The zero-order valence-corrected chi connectivity index (χ0v) is 19.5. The Hall–Kier alpha value is -4.93. The van der Waals surface area contributed by atoms with Crippen LogP contribution in [0.25, 0.3) is 11.6 Å². The third-order valence-electron chi connectivity index (χ3n) is 5.99. The minimum Gasteiger partial charge on any atom is -0.481 e. The van der Waals surface area contributed by atoms with Crippen molar-refractivity contribution in [1.29, 1.82) is 0 Å². The van der Waals surface area contributed by atoms with E-state index in [1.165, 1.54) is 24.3 Å². The monoisotopic (exact) mass is 489 g/mol. The molecule has 36 heavy (non-hydrogen) atoms. The standard InChI is InChI=1S/C25H23N5O6/c1-13-16(8-10-23(31)32)14(2)26-21(13)12-18-17-11-15(7-9-19(17)27-25(18)34)24(33)29-28-20-5-3-4-6-22(20)30(35)36/h3-7,9,11-12,26,28H,8,10H2,1-2H3,(H,27,34)(H,29,33)(H,31,32)/b18-12-. The zero-order chi connectivity index (χ0) is 26.0. The van der Waals surface area contributed by atoms with Gasteiger partial charge in [0.1, 0.15) is 5.69 Å². The second-order valence-corrected chi connectivity index (χ2v) is 8.29. The molecule has 0 radical (unpaired) electrons. The van der Waals surface area contributed by atoms with Crippen LogP contribution in [0.2, 0.25) is 0 Å². The number of hydrogen-bond donors (Lipinski definition) is 5. The van der Waals surface area contributed by atoms with E-state index in [4.69, 9.17) is 5.11 Å². The van der Waals surface area contributed by atoms with Gasteiger partial charge in [0.05, 0.1) is 10.5 Å². The molecule has 2 amide bonds. The summed E-state index contributed by atoms with van der Waals surface area (Å²) in [5, 5.41) is 23.0. The molecular weight excluding hydrogens is 466 g/mol. The van der Waals surface area contributed by atoms with E-state index < -0.39 is 16.8 Å². The number of aryl methyl sites for hydroxylation is 1. The number of nitro groups is 1. The summed E-state index contributed by atoms with van der Waals surface area (Å²) in [6.45, 7) is 3.71. The van der Waals surface area contributed by atoms with Crippen molar-refractivity contribution in [3.05, 3.63) is 86.2 Å². The van der Waals surface area contributed by atoms with E-state index in [0.29, 0.717) is 28.9 Å². The molecule has 0 aliphatic carbocycles. The maximum Gasteiger partial charge on any atom is 0.303 e. The van der Waals surface area contributed by atoms with Gasteiger partial charge < -0.3 is 15.4 Å². The summed E-state index contributed by atoms with van der Waals surface area (Å²) >= 11 is 0. The number of hydrazine groups is 1. The van der Waals surface area contributed by atoms with Crippen molar-refractivity contribution in [2.75, 3.05) is 10.7 Å². The molecule has 1 aliphatic rings. The third kappa shape index (κ3) is 4.80. The second-order valence-electron chi connectivity index (χ2n) is 8.29. The molecule has 0 atom stereocenters. The summed E-state index contributed by atoms with van der Waals surface area (Å²) < 4.78 is 0. The van der Waals surface area contributed by atoms with Gasteiger partial charge in [0.15, 0.2) is 0 Å². The van der Waals surface area contributed by atoms with E-state index in [1.54, 1.807) is 24.3 Å². The van der Waals surface area contributed by atoms with Gasteiger partial charge in [-0.2, -0.15) is 0 Å². The molecule has 0 saturated carbocycles. The fourth-order valence-electron chi connectivity index (χ4n) is 4.12. The number of aromatic amines is 1. The van der Waals surface area contributed by atoms with E-state index in [1.807, 2.05) is 13.8 Å². The average Bonchev–Trinajstić information content (AvgIpc) is 3.30. The van der Waals surface area contributed by atoms with Gasteiger partial charge in [-0.1, -0.05) is 12.1 Å². The molecule has 1 aliphatic heterocycles. The number of carbonyl (C=O) groups is 3. The van der Waals surface area contributed by atoms with Gasteiger partial charge >= 0.3 is 5.97 Å². The number of carboxylic acid groups (broad SMARTS) is 1. The normalized spacial score (nSPS) is 13.3. The lowest BCUT2D eigenvalue weighted by atomic mass is 10.0. The van der Waals surface area contributed by atoms with Crippen LogP contribution in [0.1, 0.15) is 44.9 Å². The number of carboxylic acids is 1. The molecule has 0 saturated heterocycles. The molecule has 0 fully saturated rings. The van der Waals surface area contributed by atoms with Crippen LogP contribution in [-0.2, 0) is 16.0 Å². The molecule has 5 N–H and O–H groups in total. The topological polar surface area (TPSA) is 166 Å². The highest BCUT2D eigenvalue weighted by molar-refractivity contribution is 6.35. The van der Waals surface area contributed by atoms with E-state index in [0.717, 1.165) is 16.8 Å². The van der Waals surface area contributed by atoms with Crippen LogP contribution < -0.4 is 16.2 Å². The Morgan fingerprint density at radius 3 is 2.64 bits per heavy atom. The molecule has 0 bridgehead atoms. The molecule has 1 aromatic heterocycles. The summed E-state index contributed by atoms with van der Waals surface area (Å²) in [5.74, 6) is -1.77. The van der Waals surface area contributed by atoms with Gasteiger partial charge in [-0.25, -0.2) is 0 Å². The van der Waals surface area contributed by atoms with Crippen LogP contribution in [0, 0.1) is 24.0 Å². The molecule has 11 heteroatoms. The van der Waals surface area contributed by atoms with Gasteiger partial charge in [-0.05, 0) is 61.7 Å². The minimum absolute atomic E-state index is 0.00247. The number of nitrogens with zero attached hydrogens (tertiary/aromatic N) is 1. The van der Waals surface area contributed by atoms with Crippen LogP contribution in [0.4, 0.5) is 17.1 Å². The Kier molecular flexibility index (Phi) is 6.55. The number of anilines is 2. The lowest BCUT2D eigenvalue weighted by Gasteiger charge is -2.09. The van der Waals surface area contributed by atoms with Crippen LogP contribution >= 0.6 is 0 Å². The highest BCUT2D eigenvalue weighted by atomic mass is 16.6. The Balaban J connectivity index is 1.59. The van der Waals surface area contributed by atoms with Crippen LogP contribution in [0.3, 0.4) is 0 Å². The van der Waals surface area contributed by atoms with Gasteiger partial charge in [-0.15, -0.1) is 0 Å². The van der Waals surface area contributed by atoms with E-state index >= 15 is 0 Å². The van der Waals surface area contributed by atoms with Crippen molar-refractivity contribution in [3.63, 3.8) is 0 Å². The molecule has 11 nitrogen and oxygen atoms in total. The van der Waals surface area contributed by atoms with Crippen molar-refractivity contribution < 1.29 is 24.4 Å². The van der Waals surface area contributed by atoms with Crippen LogP contribution in [-0.4, -0.2) is 32.8 Å². The Labute approximate surface area is 205 Å². The molecule has 3 aromatic rings. The highest BCUT2D eigenvalue weighted by Crippen LogP contribution is 2.35. The maximum atomic E-state index is 12.8. The Bertz CT molecular complexity index is 1440. The van der Waals surface area contributed by atoms with E-state index in [-0.39, 0.29) is 29.3 Å². The number of benzene rings is 2. The first-order chi connectivity index (χ1) is 17.2. The SMILES string of the molecule is Cc1[nH]c(/C=C2\C(=O)Nc3ccc(C(=O)NNc4ccccc4[N+](=O)[O-])cc32)c(C)c1CCC(=O)O. The Morgan fingerprint density at radius 1 is 1.17 bits per heavy atom. The highest BCUT2D eigenvalue weighted by Gasteiger charge is 2.26. The first-order valence-electron chi connectivity index (χ1n) is 11.0. The minimum atomic E-state index is -0.888. The number of carbonyl (C=O) groups excluding carboxylic acids is 2. The summed E-state index contributed by atoms with van der Waals surface area (Å²) in [7, 11) is 0. The molecule has 184 valence electrons. The molecule has 4 rings (SSSR count). The number of hydrogen-bond acceptors (Lipinski definition) is 6. The van der Waals surface area contributed by atoms with Crippen molar-refractivity contribution in [1.82, 2.24) is 10.4 Å². The zero-order valence-electron chi connectivity index (χ0n) is 19.5. The smallest absolute Gasteiger partial charge is 0.303 e. The van der Waals surface area contributed by atoms with Crippen molar-refractivity contribution in [2.45, 2.75) is 26.7 Å². The lowest BCUT2D eigenvalue weighted by Crippen LogP contribution is -2.29. The number of nitro benzene ring substituents is 1. The maximum absolute atomic E-state index is 12.8. The average molecular weight is 489 g/mol. The predicted octanol–water partition coefficient (Wildman–Crippen LogP) is 3.81.